The van der Waals surface area contributed by atoms with Gasteiger partial charge in [-0.05, 0) is 111 Å². The second kappa shape index (κ2) is 26.5. The maximum atomic E-state index is 12.7. The van der Waals surface area contributed by atoms with Gasteiger partial charge in [0.2, 0.25) is 0 Å². The number of rotatable bonds is 13. The molecule has 0 amide bonds. The molecule has 9 rings (SSSR count). The second-order valence-corrected chi connectivity index (χ2v) is 19.0. The van der Waals surface area contributed by atoms with Crippen LogP contribution in [0.4, 0.5) is 22.7 Å². The molecule has 3 N–H and O–H groups in total. The summed E-state index contributed by atoms with van der Waals surface area (Å²) >= 11 is 3.27. The fourth-order valence-electron chi connectivity index (χ4n) is 9.60. The number of Topliss-reactive ketones (excluding diaryl/α,β-unsaturated/α-hetero) is 4. The van der Waals surface area contributed by atoms with Crippen molar-refractivity contribution in [3.8, 4) is 23.0 Å². The first-order chi connectivity index (χ1) is 36.0. The topological polar surface area (TPSA) is 294 Å². The molecule has 402 valence electrons. The number of anilines is 1. The standard InChI is InChI=1S/C15H20N2O5.C15H20N2O3.C11H10BrNO4.C11H11NO4/c1-3-22-7-6-16-12-5-4-10-8-14(21-2)13(17(19)20)9-11(10)15(12)18;1-19-14-8-10-2-3-13(17-4-6-20-7-5-17)15(18)11(10)9-12(14)16;1-17-10-4-6-2-3-8(12)11(14)7(6)5-9(10)13(15)16;1-16-11-5-7-3-2-4-10(13)8(7)6-9(11)12(14)15/h8-9,12,16H,3-7H2,1-2H3;8-9,13H,2-7,16H2,1H3;4-5,8H,2-3H2,1H3;5-6H,2-4H2,1H3. The van der Waals surface area contributed by atoms with E-state index in [0.717, 1.165) is 66.6 Å². The van der Waals surface area contributed by atoms with Gasteiger partial charge in [0, 0.05) is 73.1 Å². The smallest absolute Gasteiger partial charge is 0.311 e. The molecule has 0 radical (unpaired) electrons. The molecule has 4 aromatic rings. The number of carbonyl (C=O) groups excluding carboxylic acids is 4. The molecule has 0 spiro atoms. The van der Waals surface area contributed by atoms with Crippen LogP contribution in [0.3, 0.4) is 0 Å². The van der Waals surface area contributed by atoms with E-state index >= 15 is 0 Å². The number of methoxy groups -OCH3 is 4. The molecule has 5 aliphatic rings. The number of nitrogens with one attached hydrogen (secondary N) is 1. The van der Waals surface area contributed by atoms with Gasteiger partial charge in [-0.1, -0.05) is 15.9 Å². The monoisotopic (exact) mass is 1100 g/mol. The summed E-state index contributed by atoms with van der Waals surface area (Å²) in [6.45, 7) is 6.74. The van der Waals surface area contributed by atoms with E-state index in [4.69, 9.17) is 34.2 Å². The summed E-state index contributed by atoms with van der Waals surface area (Å²) < 4.78 is 30.8. The van der Waals surface area contributed by atoms with E-state index in [1.165, 1.54) is 39.5 Å². The van der Waals surface area contributed by atoms with E-state index in [0.29, 0.717) is 93.2 Å². The molecule has 0 bridgehead atoms. The third-order valence-corrected chi connectivity index (χ3v) is 14.4. The zero-order valence-corrected chi connectivity index (χ0v) is 44.0. The fourth-order valence-corrected chi connectivity index (χ4v) is 10.1. The first kappa shape index (κ1) is 57.4. The number of fused-ring (bicyclic) bond motifs is 4. The van der Waals surface area contributed by atoms with Gasteiger partial charge in [-0.25, -0.2) is 0 Å². The van der Waals surface area contributed by atoms with E-state index < -0.39 is 14.8 Å². The number of carbonyl (C=O) groups is 4. The van der Waals surface area contributed by atoms with Crippen molar-refractivity contribution in [1.82, 2.24) is 10.2 Å². The number of alkyl halides is 1. The molecular weight excluding hydrogens is 1040 g/mol. The Morgan fingerprint density at radius 2 is 1.09 bits per heavy atom. The van der Waals surface area contributed by atoms with Gasteiger partial charge in [0.1, 0.15) is 5.75 Å². The Labute approximate surface area is 441 Å². The van der Waals surface area contributed by atoms with Crippen molar-refractivity contribution in [3.63, 3.8) is 0 Å². The van der Waals surface area contributed by atoms with Crippen molar-refractivity contribution in [3.05, 3.63) is 123 Å². The summed E-state index contributed by atoms with van der Waals surface area (Å²) in [5, 5.41) is 35.9. The molecule has 3 atom stereocenters. The van der Waals surface area contributed by atoms with Crippen LogP contribution in [-0.4, -0.2) is 134 Å². The molecule has 0 saturated carbocycles. The molecule has 0 aromatic heterocycles. The number of nitro groups is 3. The lowest BCUT2D eigenvalue weighted by atomic mass is 9.85. The summed E-state index contributed by atoms with van der Waals surface area (Å²) in [4.78, 5) is 81.8. The Balaban J connectivity index is 0.000000164. The number of morpholine rings is 1. The minimum absolute atomic E-state index is 0.0213. The fraction of sp³-hybridized carbons (Fsp3) is 0.462. The highest BCUT2D eigenvalue weighted by Crippen LogP contribution is 2.38. The van der Waals surface area contributed by atoms with Crippen LogP contribution in [0.1, 0.15) is 103 Å². The molecule has 3 unspecified atom stereocenters. The van der Waals surface area contributed by atoms with Gasteiger partial charge in [0.25, 0.3) is 0 Å². The zero-order valence-electron chi connectivity index (χ0n) is 42.4. The van der Waals surface area contributed by atoms with Crippen LogP contribution in [0.25, 0.3) is 0 Å². The number of hydrogen-bond donors (Lipinski definition) is 2. The zero-order chi connectivity index (χ0) is 54.5. The van der Waals surface area contributed by atoms with Gasteiger partial charge in [-0.3, -0.25) is 54.4 Å². The Morgan fingerprint density at radius 3 is 1.61 bits per heavy atom. The number of ether oxygens (including phenoxy) is 6. The average molecular weight is 1110 g/mol. The van der Waals surface area contributed by atoms with Crippen LogP contribution in [0, 0.1) is 30.3 Å². The lowest BCUT2D eigenvalue weighted by molar-refractivity contribution is -0.385. The van der Waals surface area contributed by atoms with Crippen LogP contribution < -0.4 is 30.0 Å². The van der Waals surface area contributed by atoms with Crippen molar-refractivity contribution in [1.29, 1.82) is 0 Å². The second-order valence-electron chi connectivity index (χ2n) is 17.9. The maximum Gasteiger partial charge on any atom is 0.311 e. The first-order valence-electron chi connectivity index (χ1n) is 24.4. The highest BCUT2D eigenvalue weighted by Gasteiger charge is 2.35. The molecule has 1 heterocycles. The van der Waals surface area contributed by atoms with E-state index in [2.05, 4.69) is 26.1 Å². The first-order valence-corrected chi connectivity index (χ1v) is 25.3. The number of nitrogens with two attached hydrogens (primary N) is 1. The third kappa shape index (κ3) is 13.7. The van der Waals surface area contributed by atoms with E-state index in [1.54, 1.807) is 31.4 Å². The lowest BCUT2D eigenvalue weighted by Crippen LogP contribution is -2.49. The molecule has 22 nitrogen and oxygen atoms in total. The Morgan fingerprint density at radius 1 is 0.627 bits per heavy atom. The van der Waals surface area contributed by atoms with Gasteiger partial charge in [0.05, 0.1) is 85.6 Å². The molecule has 4 aliphatic carbocycles. The average Bonchev–Trinajstić information content (AvgIpc) is 3.41. The van der Waals surface area contributed by atoms with E-state index in [9.17, 15) is 49.5 Å². The molecule has 4 aromatic carbocycles. The Kier molecular flexibility index (Phi) is 20.3. The molecular formula is C52H61BrN6O16. The molecule has 75 heavy (non-hydrogen) atoms. The van der Waals surface area contributed by atoms with Gasteiger partial charge in [-0.15, -0.1) is 0 Å². The predicted octanol–water partition coefficient (Wildman–Crippen LogP) is 7.45. The number of benzene rings is 4. The van der Waals surface area contributed by atoms with Crippen molar-refractivity contribution in [2.75, 3.05) is 80.2 Å². The summed E-state index contributed by atoms with van der Waals surface area (Å²) in [6, 6.07) is 12.1. The Hall–Kier alpha value is -6.92. The normalized spacial score (nSPS) is 18.6. The van der Waals surface area contributed by atoms with Gasteiger partial charge < -0.3 is 39.5 Å². The van der Waals surface area contributed by atoms with Crippen molar-refractivity contribution >= 4 is 61.8 Å². The van der Waals surface area contributed by atoms with E-state index in [-0.39, 0.29) is 74.4 Å². The van der Waals surface area contributed by atoms with E-state index in [1.807, 2.05) is 13.0 Å². The van der Waals surface area contributed by atoms with Crippen molar-refractivity contribution in [2.24, 2.45) is 0 Å². The number of hydrogen-bond acceptors (Lipinski definition) is 19. The molecule has 1 aliphatic heterocycles. The van der Waals surface area contributed by atoms with Gasteiger partial charge in [0.15, 0.2) is 40.4 Å². The summed E-state index contributed by atoms with van der Waals surface area (Å²) in [5.74, 6) is 1.23. The highest BCUT2D eigenvalue weighted by atomic mass is 79.9. The predicted molar refractivity (Wildman–Crippen MR) is 279 cm³/mol. The molecule has 1 fully saturated rings. The largest absolute Gasteiger partial charge is 0.495 e. The van der Waals surface area contributed by atoms with Crippen LogP contribution in [0.15, 0.2) is 48.5 Å². The number of aryl methyl sites for hydroxylation is 4. The third-order valence-electron chi connectivity index (χ3n) is 13.5. The van der Waals surface area contributed by atoms with Crippen LogP contribution in [0.2, 0.25) is 0 Å². The number of ketones is 4. The number of nitro benzene ring substituents is 3. The Bertz CT molecular complexity index is 2810. The van der Waals surface area contributed by atoms with Crippen LogP contribution >= 0.6 is 15.9 Å². The van der Waals surface area contributed by atoms with Gasteiger partial charge in [-0.2, -0.15) is 0 Å². The summed E-state index contributed by atoms with van der Waals surface area (Å²) in [5.41, 5.74) is 11.5. The number of nitrogens with zero attached hydrogens (tertiary/aromatic N) is 4. The highest BCUT2D eigenvalue weighted by molar-refractivity contribution is 9.10. The summed E-state index contributed by atoms with van der Waals surface area (Å²) in [7, 11) is 5.75. The minimum Gasteiger partial charge on any atom is -0.495 e. The van der Waals surface area contributed by atoms with Crippen LogP contribution in [0.5, 0.6) is 23.0 Å². The summed E-state index contributed by atoms with van der Waals surface area (Å²) in [6.07, 6.45) is 6.55. The number of nitrogen functional groups attached to an aromatic ring is 1. The maximum absolute atomic E-state index is 12.7. The lowest BCUT2D eigenvalue weighted by Gasteiger charge is -2.36. The van der Waals surface area contributed by atoms with Gasteiger partial charge >= 0.3 is 17.1 Å². The quantitative estimate of drug-likeness (QED) is 0.0432. The molecule has 1 saturated heterocycles. The SMILES string of the molecule is CCOCCNC1CCc2cc(OC)c([N+](=O)[O-])cc2C1=O.COc1cc2c(cc1N)C(=O)C(N1CCOCC1)CC2.COc1cc2c(cc1[N+](=O)[O-])C(=O)C(Br)CC2.COc1cc2c(cc1[N+](=O)[O-])C(=O)CCC2. The van der Waals surface area contributed by atoms with Crippen LogP contribution in [-0.2, 0) is 35.2 Å². The van der Waals surface area contributed by atoms with Crippen molar-refractivity contribution < 1.29 is 62.4 Å². The van der Waals surface area contributed by atoms with Crippen molar-refractivity contribution in [2.45, 2.75) is 81.6 Å². The number of halogens is 1. The molecule has 23 heteroatoms. The minimum atomic E-state index is -0.537.